The smallest absolute Gasteiger partial charge is 0.328 e. The number of carbonyl (C=O) groups excluding carboxylic acids is 2. The van der Waals surface area contributed by atoms with Gasteiger partial charge in [0.05, 0.1) is 12.2 Å². The summed E-state index contributed by atoms with van der Waals surface area (Å²) >= 11 is 1.25. The number of nitrogens with one attached hydrogen (secondary N) is 1. The second kappa shape index (κ2) is 6.48. The fourth-order valence-electron chi connectivity index (χ4n) is 1.05. The van der Waals surface area contributed by atoms with Crippen molar-refractivity contribution in [2.75, 3.05) is 18.1 Å². The van der Waals surface area contributed by atoms with Gasteiger partial charge in [0.15, 0.2) is 5.13 Å². The van der Waals surface area contributed by atoms with E-state index in [0.717, 1.165) is 7.05 Å². The van der Waals surface area contributed by atoms with E-state index < -0.39 is 22.0 Å². The molecule has 19 heavy (non-hydrogen) atoms. The number of sulfonamides is 1. The number of primary amides is 1. The molecule has 1 radical (unpaired) electrons. The molecule has 0 aliphatic heterocycles. The molecule has 3 N–H and O–H groups in total. The largest absolute Gasteiger partial charge is 0.351 e. The number of aromatic nitrogens is 1. The fraction of sp³-hybridized carbons (Fsp3) is 0.333. The Hall–Kier alpha value is -1.68. The number of nitrogens with zero attached hydrogens (tertiary/aromatic N) is 2. The van der Waals surface area contributed by atoms with Gasteiger partial charge in [0, 0.05) is 18.6 Å². The van der Waals surface area contributed by atoms with Gasteiger partial charge in [-0.05, 0) is 6.42 Å². The molecule has 0 aliphatic rings. The molecule has 0 spiro atoms. The van der Waals surface area contributed by atoms with Crippen molar-refractivity contribution in [3.63, 3.8) is 0 Å². The van der Waals surface area contributed by atoms with Crippen LogP contribution in [0.2, 0.25) is 0 Å². The molecule has 105 valence electrons. The van der Waals surface area contributed by atoms with Crippen LogP contribution in [0.1, 0.15) is 6.42 Å². The minimum atomic E-state index is -3.78. The third-order valence-corrected chi connectivity index (χ3v) is 4.55. The van der Waals surface area contributed by atoms with Gasteiger partial charge in [-0.1, -0.05) is 0 Å². The Bertz CT molecular complexity index is 541. The summed E-state index contributed by atoms with van der Waals surface area (Å²) in [5, 5.41) is 4.60. The van der Waals surface area contributed by atoms with Crippen LogP contribution in [0.3, 0.4) is 0 Å². The van der Waals surface area contributed by atoms with Crippen molar-refractivity contribution in [2.24, 2.45) is 5.73 Å². The first-order valence-corrected chi connectivity index (χ1v) is 7.61. The van der Waals surface area contributed by atoms with Crippen molar-refractivity contribution in [1.29, 1.82) is 0 Å². The number of nitrogens with two attached hydrogens (primary N) is 1. The van der Waals surface area contributed by atoms with Crippen LogP contribution in [0.4, 0.5) is 9.93 Å². The molecule has 8 nitrogen and oxygen atoms in total. The first-order valence-electron chi connectivity index (χ1n) is 5.12. The molecule has 0 fully saturated rings. The van der Waals surface area contributed by atoms with Crippen LogP contribution in [0.5, 0.6) is 0 Å². The Kier molecular flexibility index (Phi) is 5.24. The van der Waals surface area contributed by atoms with Crippen LogP contribution >= 0.6 is 11.3 Å². The lowest BCUT2D eigenvalue weighted by atomic mass is 10.3. The van der Waals surface area contributed by atoms with E-state index in [2.05, 4.69) is 10.3 Å². The number of carbonyl (C=O) groups is 2. The topological polar surface area (TPSA) is 122 Å². The Morgan fingerprint density at radius 3 is 2.79 bits per heavy atom. The van der Waals surface area contributed by atoms with E-state index in [1.807, 2.05) is 0 Å². The highest BCUT2D eigenvalue weighted by molar-refractivity contribution is 7.89. The standard InChI is InChI=1S/C9H13N4O4S2/c1-13(8(10)15)19(16,17)6-2-3-7(14)12-9-11-4-5-18-9/h3-5H,2,6H2,1H3,(H2,10,15)(H,11,12,14). The van der Waals surface area contributed by atoms with E-state index in [-0.39, 0.29) is 12.2 Å². The lowest BCUT2D eigenvalue weighted by Crippen LogP contribution is -2.38. The SMILES string of the molecule is CN(C(N)=O)S(=O)(=O)CC[CH]C(=O)Nc1nccs1. The maximum absolute atomic E-state index is 11.5. The van der Waals surface area contributed by atoms with Gasteiger partial charge in [-0.25, -0.2) is 22.5 Å². The van der Waals surface area contributed by atoms with Crippen LogP contribution < -0.4 is 11.1 Å². The van der Waals surface area contributed by atoms with Gasteiger partial charge < -0.3 is 11.1 Å². The molecule has 0 saturated heterocycles. The second-order valence-corrected chi connectivity index (χ2v) is 6.46. The van der Waals surface area contributed by atoms with E-state index in [1.54, 1.807) is 5.38 Å². The van der Waals surface area contributed by atoms with Crippen molar-refractivity contribution < 1.29 is 18.0 Å². The molecule has 0 saturated carbocycles. The number of amides is 3. The highest BCUT2D eigenvalue weighted by Gasteiger charge is 2.21. The van der Waals surface area contributed by atoms with Crippen LogP contribution in [-0.4, -0.2) is 42.4 Å². The first kappa shape index (κ1) is 15.4. The Morgan fingerprint density at radius 1 is 1.58 bits per heavy atom. The highest BCUT2D eigenvalue weighted by atomic mass is 32.2. The van der Waals surface area contributed by atoms with Crippen molar-refractivity contribution in [2.45, 2.75) is 6.42 Å². The van der Waals surface area contributed by atoms with Gasteiger partial charge in [-0.3, -0.25) is 4.79 Å². The molecule has 0 aromatic carbocycles. The average molecular weight is 305 g/mol. The molecule has 0 atom stereocenters. The zero-order valence-electron chi connectivity index (χ0n) is 10.1. The van der Waals surface area contributed by atoms with Crippen molar-refractivity contribution in [3.8, 4) is 0 Å². The number of rotatable bonds is 6. The molecule has 3 amide bonds. The highest BCUT2D eigenvalue weighted by Crippen LogP contribution is 2.11. The van der Waals surface area contributed by atoms with Crippen molar-refractivity contribution in [3.05, 3.63) is 18.0 Å². The van der Waals surface area contributed by atoms with Crippen molar-refractivity contribution >= 4 is 38.4 Å². The van der Waals surface area contributed by atoms with Crippen LogP contribution in [0.15, 0.2) is 11.6 Å². The van der Waals surface area contributed by atoms with Crippen LogP contribution in [0.25, 0.3) is 0 Å². The van der Waals surface area contributed by atoms with Gasteiger partial charge in [0.1, 0.15) is 0 Å². The number of anilines is 1. The number of hydrogen-bond donors (Lipinski definition) is 2. The minimum absolute atomic E-state index is 0.0306. The second-order valence-electron chi connectivity index (χ2n) is 3.44. The molecule has 10 heteroatoms. The molecule has 1 aromatic rings. The fourth-order valence-corrected chi connectivity index (χ4v) is 2.55. The minimum Gasteiger partial charge on any atom is -0.351 e. The summed E-state index contributed by atoms with van der Waals surface area (Å²) < 4.78 is 23.5. The Balaban J connectivity index is 2.38. The average Bonchev–Trinajstić information content (AvgIpc) is 2.80. The normalized spacial score (nSPS) is 11.0. The first-order chi connectivity index (χ1) is 8.83. The Labute approximate surface area is 114 Å². The third kappa shape index (κ3) is 4.83. The summed E-state index contributed by atoms with van der Waals surface area (Å²) in [4.78, 5) is 26.0. The zero-order valence-corrected chi connectivity index (χ0v) is 11.7. The number of urea groups is 1. The maximum atomic E-state index is 11.5. The maximum Gasteiger partial charge on any atom is 0.328 e. The summed E-state index contributed by atoms with van der Waals surface area (Å²) in [7, 11) is -2.72. The quantitative estimate of drug-likeness (QED) is 0.767. The molecule has 1 aromatic heterocycles. The molecule has 0 aliphatic carbocycles. The summed E-state index contributed by atoms with van der Waals surface area (Å²) in [5.41, 5.74) is 4.86. The van der Waals surface area contributed by atoms with Gasteiger partial charge in [-0.15, -0.1) is 11.3 Å². The number of thiazole rings is 1. The summed E-state index contributed by atoms with van der Waals surface area (Å²) in [6, 6.07) is -1.06. The third-order valence-electron chi connectivity index (χ3n) is 2.10. The lowest BCUT2D eigenvalue weighted by Gasteiger charge is -2.14. The summed E-state index contributed by atoms with van der Waals surface area (Å²) in [5.74, 6) is -0.829. The Morgan fingerprint density at radius 2 is 2.26 bits per heavy atom. The van der Waals surface area contributed by atoms with Gasteiger partial charge in [-0.2, -0.15) is 0 Å². The molecule has 1 rings (SSSR count). The van der Waals surface area contributed by atoms with Crippen molar-refractivity contribution in [1.82, 2.24) is 9.29 Å². The molecular formula is C9H13N4O4S2. The predicted molar refractivity (Wildman–Crippen MR) is 70.8 cm³/mol. The summed E-state index contributed by atoms with van der Waals surface area (Å²) in [6.07, 6.45) is 2.68. The van der Waals surface area contributed by atoms with Crippen LogP contribution in [0, 0.1) is 6.42 Å². The van der Waals surface area contributed by atoms with E-state index in [4.69, 9.17) is 5.73 Å². The van der Waals surface area contributed by atoms with E-state index in [9.17, 15) is 18.0 Å². The van der Waals surface area contributed by atoms with E-state index in [1.165, 1.54) is 24.0 Å². The van der Waals surface area contributed by atoms with E-state index in [0.29, 0.717) is 9.44 Å². The van der Waals surface area contributed by atoms with Crippen LogP contribution in [-0.2, 0) is 14.8 Å². The number of hydrogen-bond acceptors (Lipinski definition) is 6. The molecular weight excluding hydrogens is 292 g/mol. The van der Waals surface area contributed by atoms with E-state index >= 15 is 0 Å². The zero-order chi connectivity index (χ0) is 14.5. The summed E-state index contributed by atoms with van der Waals surface area (Å²) in [6.45, 7) is 0. The van der Waals surface area contributed by atoms with Gasteiger partial charge >= 0.3 is 6.03 Å². The molecule has 0 unspecified atom stereocenters. The predicted octanol–water partition coefficient (Wildman–Crippen LogP) is 0.0163. The monoisotopic (exact) mass is 305 g/mol. The molecule has 1 heterocycles. The lowest BCUT2D eigenvalue weighted by molar-refractivity contribution is -0.113. The molecule has 0 bridgehead atoms. The van der Waals surface area contributed by atoms with Gasteiger partial charge in [0.25, 0.3) is 0 Å². The van der Waals surface area contributed by atoms with Gasteiger partial charge in [0.2, 0.25) is 15.9 Å².